The molecule has 0 spiro atoms. The van der Waals surface area contributed by atoms with E-state index in [1.54, 1.807) is 24.3 Å². The fourth-order valence-corrected chi connectivity index (χ4v) is 3.22. The van der Waals surface area contributed by atoms with Crippen molar-refractivity contribution in [1.82, 2.24) is 9.88 Å². The molecule has 0 saturated carbocycles. The lowest BCUT2D eigenvalue weighted by Crippen LogP contribution is -2.21. The first-order valence-corrected chi connectivity index (χ1v) is 10.2. The molecular weight excluding hydrogens is 407 g/mol. The summed E-state index contributed by atoms with van der Waals surface area (Å²) < 4.78 is 14.0. The number of carboxylic acid groups (broad SMARTS) is 1. The maximum atomic E-state index is 14.0. The van der Waals surface area contributed by atoms with Crippen molar-refractivity contribution >= 4 is 28.5 Å². The third-order valence-electron chi connectivity index (χ3n) is 4.85. The zero-order valence-corrected chi connectivity index (χ0v) is 18.1. The average molecular weight is 433 g/mol. The lowest BCUT2D eigenvalue weighted by Gasteiger charge is -2.13. The van der Waals surface area contributed by atoms with E-state index in [4.69, 9.17) is 11.6 Å². The molecule has 30 heavy (non-hydrogen) atoms. The molecule has 0 aliphatic heterocycles. The van der Waals surface area contributed by atoms with Gasteiger partial charge in [0.25, 0.3) is 0 Å². The number of hydrogen-bond acceptors (Lipinski definition) is 4. The van der Waals surface area contributed by atoms with Crippen LogP contribution < -0.4 is 0 Å². The molecule has 0 unspecified atom stereocenters. The molecular formula is C23H26ClFN2O3. The topological polar surface area (TPSA) is 73.7 Å². The second kappa shape index (κ2) is 10.9. The molecule has 1 heterocycles. The Balaban J connectivity index is 0.000000396. The minimum atomic E-state index is -1.34. The summed E-state index contributed by atoms with van der Waals surface area (Å²) in [5.74, 6) is -2.43. The molecule has 2 N–H and O–H groups in total. The molecule has 0 amide bonds. The summed E-state index contributed by atoms with van der Waals surface area (Å²) in [4.78, 5) is 18.0. The van der Waals surface area contributed by atoms with Crippen LogP contribution in [-0.4, -0.2) is 45.7 Å². The van der Waals surface area contributed by atoms with Crippen molar-refractivity contribution in [3.05, 3.63) is 70.1 Å². The molecule has 0 radical (unpaired) electrons. The number of aromatic hydroxyl groups is 1. The van der Waals surface area contributed by atoms with Gasteiger partial charge in [-0.2, -0.15) is 0 Å². The van der Waals surface area contributed by atoms with E-state index < -0.39 is 17.5 Å². The van der Waals surface area contributed by atoms with E-state index in [9.17, 15) is 19.4 Å². The summed E-state index contributed by atoms with van der Waals surface area (Å²) in [6.07, 6.45) is 0.160. The van der Waals surface area contributed by atoms with Gasteiger partial charge in [-0.15, -0.1) is 0 Å². The second-order valence-corrected chi connectivity index (χ2v) is 7.08. The van der Waals surface area contributed by atoms with Crippen LogP contribution in [0.25, 0.3) is 10.9 Å². The van der Waals surface area contributed by atoms with Crippen LogP contribution in [0.3, 0.4) is 0 Å². The molecule has 0 bridgehead atoms. The van der Waals surface area contributed by atoms with E-state index in [1.807, 2.05) is 0 Å². The second-order valence-electron chi connectivity index (χ2n) is 6.65. The molecule has 0 saturated heterocycles. The summed E-state index contributed by atoms with van der Waals surface area (Å²) in [6, 6.07) is 10.8. The van der Waals surface area contributed by atoms with Crippen molar-refractivity contribution in [2.75, 3.05) is 19.6 Å². The van der Waals surface area contributed by atoms with Crippen LogP contribution in [0.2, 0.25) is 5.02 Å². The van der Waals surface area contributed by atoms with E-state index in [1.165, 1.54) is 37.8 Å². The third-order valence-corrected chi connectivity index (χ3v) is 5.11. The van der Waals surface area contributed by atoms with Gasteiger partial charge in [-0.05, 0) is 43.4 Å². The Labute approximate surface area is 180 Å². The molecule has 3 aromatic rings. The lowest BCUT2D eigenvalue weighted by molar-refractivity contribution is 0.0695. The Morgan fingerprint density at radius 1 is 1.07 bits per heavy atom. The van der Waals surface area contributed by atoms with Crippen LogP contribution in [-0.2, 0) is 6.42 Å². The first-order valence-electron chi connectivity index (χ1n) is 9.82. The van der Waals surface area contributed by atoms with Gasteiger partial charge < -0.3 is 15.1 Å². The van der Waals surface area contributed by atoms with E-state index in [-0.39, 0.29) is 28.6 Å². The number of rotatable bonds is 6. The van der Waals surface area contributed by atoms with Gasteiger partial charge in [0.1, 0.15) is 16.9 Å². The molecule has 0 aliphatic rings. The Morgan fingerprint density at radius 2 is 1.67 bits per heavy atom. The number of halogens is 2. The fraction of sp³-hybridized carbons (Fsp3) is 0.304. The minimum absolute atomic E-state index is 0.0647. The van der Waals surface area contributed by atoms with Crippen molar-refractivity contribution in [2.45, 2.75) is 27.2 Å². The van der Waals surface area contributed by atoms with Gasteiger partial charge >= 0.3 is 5.97 Å². The van der Waals surface area contributed by atoms with Crippen LogP contribution in [0.5, 0.6) is 5.75 Å². The zero-order valence-electron chi connectivity index (χ0n) is 17.3. The van der Waals surface area contributed by atoms with E-state index >= 15 is 0 Å². The van der Waals surface area contributed by atoms with Gasteiger partial charge in [-0.25, -0.2) is 14.2 Å². The van der Waals surface area contributed by atoms with Gasteiger partial charge in [-0.3, -0.25) is 0 Å². The van der Waals surface area contributed by atoms with Gasteiger partial charge in [0.15, 0.2) is 5.75 Å². The number of hydrogen-bond donors (Lipinski definition) is 2. The monoisotopic (exact) mass is 432 g/mol. The van der Waals surface area contributed by atoms with Crippen LogP contribution >= 0.6 is 11.6 Å². The molecule has 1 aromatic heterocycles. The number of pyridine rings is 1. The molecule has 0 fully saturated rings. The van der Waals surface area contributed by atoms with E-state index in [2.05, 4.69) is 30.7 Å². The standard InChI is InChI=1S/C17H11ClFNO3.C6H15N/c18-10-6-4-9(5-7-10)8-13-16(21)14(17(22)23)11-2-1-3-12(19)15(11)20-13;1-4-7(5-2)6-3/h1-7,21H,8H2,(H,22,23);4-6H2,1-3H3. The minimum Gasteiger partial charge on any atom is -0.505 e. The maximum Gasteiger partial charge on any atom is 0.340 e. The Bertz CT molecular complexity index is 1000. The van der Waals surface area contributed by atoms with Gasteiger partial charge in [-0.1, -0.05) is 56.6 Å². The summed E-state index contributed by atoms with van der Waals surface area (Å²) in [5, 5.41) is 20.2. The summed E-state index contributed by atoms with van der Waals surface area (Å²) in [5.41, 5.74) is 0.441. The highest BCUT2D eigenvalue weighted by Crippen LogP contribution is 2.31. The SMILES string of the molecule is CCN(CC)CC.O=C(O)c1c(O)c(Cc2ccc(Cl)cc2)nc2c(F)cccc12. The van der Waals surface area contributed by atoms with Crippen LogP contribution in [0, 0.1) is 5.82 Å². The normalized spacial score (nSPS) is 10.7. The third kappa shape index (κ3) is 5.68. The molecule has 0 atom stereocenters. The smallest absolute Gasteiger partial charge is 0.340 e. The molecule has 7 heteroatoms. The number of carboxylic acids is 1. The summed E-state index contributed by atoms with van der Waals surface area (Å²) in [7, 11) is 0. The predicted octanol–water partition coefficient (Wildman–Crippen LogP) is 5.37. The van der Waals surface area contributed by atoms with Crippen molar-refractivity contribution in [1.29, 1.82) is 0 Å². The Hall–Kier alpha value is -2.70. The van der Waals surface area contributed by atoms with Crippen LogP contribution in [0.15, 0.2) is 42.5 Å². The zero-order chi connectivity index (χ0) is 22.3. The number of aromatic nitrogens is 1. The van der Waals surface area contributed by atoms with E-state index in [0.717, 1.165) is 5.56 Å². The highest BCUT2D eigenvalue weighted by molar-refractivity contribution is 6.30. The van der Waals surface area contributed by atoms with Gasteiger partial charge in [0.2, 0.25) is 0 Å². The van der Waals surface area contributed by atoms with Crippen molar-refractivity contribution in [3.8, 4) is 5.75 Å². The molecule has 3 rings (SSSR count). The summed E-state index contributed by atoms with van der Waals surface area (Å²) in [6.45, 7) is 10.1. The number of aromatic carboxylic acids is 1. The number of fused-ring (bicyclic) bond motifs is 1. The van der Waals surface area contributed by atoms with Crippen LogP contribution in [0.1, 0.15) is 42.4 Å². The fourth-order valence-electron chi connectivity index (χ4n) is 3.10. The van der Waals surface area contributed by atoms with E-state index in [0.29, 0.717) is 5.02 Å². The molecule has 5 nitrogen and oxygen atoms in total. The first kappa shape index (κ1) is 23.6. The molecule has 160 valence electrons. The van der Waals surface area contributed by atoms with Gasteiger partial charge in [0.05, 0.1) is 5.69 Å². The maximum absolute atomic E-state index is 14.0. The highest BCUT2D eigenvalue weighted by Gasteiger charge is 2.21. The number of benzene rings is 2. The molecule has 2 aromatic carbocycles. The quantitative estimate of drug-likeness (QED) is 0.547. The number of nitrogens with zero attached hydrogens (tertiary/aromatic N) is 2. The lowest BCUT2D eigenvalue weighted by atomic mass is 10.0. The largest absolute Gasteiger partial charge is 0.505 e. The predicted molar refractivity (Wildman–Crippen MR) is 118 cm³/mol. The van der Waals surface area contributed by atoms with Gasteiger partial charge in [0, 0.05) is 16.8 Å². The Morgan fingerprint density at radius 3 is 2.17 bits per heavy atom. The average Bonchev–Trinajstić information content (AvgIpc) is 2.72. The van der Waals surface area contributed by atoms with Crippen LogP contribution in [0.4, 0.5) is 4.39 Å². The van der Waals surface area contributed by atoms with Crippen molar-refractivity contribution in [3.63, 3.8) is 0 Å². The van der Waals surface area contributed by atoms with Crippen molar-refractivity contribution < 1.29 is 19.4 Å². The summed E-state index contributed by atoms with van der Waals surface area (Å²) >= 11 is 5.82. The highest BCUT2D eigenvalue weighted by atomic mass is 35.5. The number of para-hydroxylation sites is 1. The first-order chi connectivity index (χ1) is 14.3. The van der Waals surface area contributed by atoms with Crippen molar-refractivity contribution in [2.24, 2.45) is 0 Å². The molecule has 0 aliphatic carbocycles. The Kier molecular flexibility index (Phi) is 8.57. The number of carbonyl (C=O) groups is 1.